The minimum absolute atomic E-state index is 0.128. The molecule has 43 heavy (non-hydrogen) atoms. The van der Waals surface area contributed by atoms with Crippen molar-refractivity contribution in [1.82, 2.24) is 4.90 Å². The van der Waals surface area contributed by atoms with Gasteiger partial charge in [-0.2, -0.15) is 0 Å². The predicted molar refractivity (Wildman–Crippen MR) is 166 cm³/mol. The average molecular weight is 611 g/mol. The highest BCUT2D eigenvalue weighted by Crippen LogP contribution is 2.42. The molecule has 2 aromatic carbocycles. The van der Waals surface area contributed by atoms with Crippen LogP contribution in [0.3, 0.4) is 0 Å². The quantitative estimate of drug-likeness (QED) is 0.346. The zero-order valence-corrected chi connectivity index (χ0v) is 26.1. The van der Waals surface area contributed by atoms with Gasteiger partial charge in [0.2, 0.25) is 5.91 Å². The number of ether oxygens (including phenoxy) is 2. The van der Waals surface area contributed by atoms with Gasteiger partial charge < -0.3 is 29.5 Å². The third-order valence-electron chi connectivity index (χ3n) is 9.62. The fourth-order valence-electron chi connectivity index (χ4n) is 6.52. The van der Waals surface area contributed by atoms with E-state index < -0.39 is 24.1 Å². The number of aliphatic hydroxyl groups is 2. The second kappa shape index (κ2) is 13.3. The minimum Gasteiger partial charge on any atom is -0.487 e. The number of amides is 1. The number of anilines is 1. The summed E-state index contributed by atoms with van der Waals surface area (Å²) < 4.78 is 11.5. The van der Waals surface area contributed by atoms with Crippen molar-refractivity contribution in [2.45, 2.75) is 76.2 Å². The molecule has 0 unspecified atom stereocenters. The molecule has 2 aliphatic heterocycles. The number of nitrogens with zero attached hydrogens (tertiary/aromatic N) is 2. The van der Waals surface area contributed by atoms with Gasteiger partial charge in [0, 0.05) is 31.2 Å². The van der Waals surface area contributed by atoms with Crippen LogP contribution in [0.1, 0.15) is 62.1 Å². The number of rotatable bonds is 1. The summed E-state index contributed by atoms with van der Waals surface area (Å²) in [7, 11) is 2.88. The molecular weight excluding hydrogens is 568 g/mol. The molecule has 232 valence electrons. The van der Waals surface area contributed by atoms with Gasteiger partial charge in [-0.25, -0.2) is 4.79 Å². The summed E-state index contributed by atoms with van der Waals surface area (Å²) in [5.41, 5.74) is 1.06. The smallest absolute Gasteiger partial charge is 0.343 e. The SMILES string of the molecule is COC(=O)[C@@]1(O)CC(=O)N(C)[C@H](C)C/C=C/[C@H](O)[C@@H]2CC[C@H]2CN2CCCCc3cc(Cl)ccc3COc3ccc1cc32. The monoisotopic (exact) mass is 610 g/mol. The molecule has 8 nitrogen and oxygen atoms in total. The predicted octanol–water partition coefficient (Wildman–Crippen LogP) is 5.01. The van der Waals surface area contributed by atoms with E-state index in [2.05, 4.69) is 4.90 Å². The number of halogens is 1. The molecule has 0 spiro atoms. The summed E-state index contributed by atoms with van der Waals surface area (Å²) in [4.78, 5) is 30.4. The molecule has 1 saturated carbocycles. The summed E-state index contributed by atoms with van der Waals surface area (Å²) in [5, 5.41) is 23.7. The highest BCUT2D eigenvalue weighted by atomic mass is 35.5. The third-order valence-corrected chi connectivity index (χ3v) is 9.85. The van der Waals surface area contributed by atoms with Crippen molar-refractivity contribution in [2.24, 2.45) is 11.8 Å². The van der Waals surface area contributed by atoms with Crippen LogP contribution in [0.25, 0.3) is 0 Å². The van der Waals surface area contributed by atoms with E-state index in [-0.39, 0.29) is 29.3 Å². The van der Waals surface area contributed by atoms with Crippen molar-refractivity contribution in [3.8, 4) is 5.75 Å². The Morgan fingerprint density at radius 1 is 1.14 bits per heavy atom. The van der Waals surface area contributed by atoms with Crippen molar-refractivity contribution in [3.05, 3.63) is 70.3 Å². The van der Waals surface area contributed by atoms with Crippen LogP contribution in [0.4, 0.5) is 5.69 Å². The van der Waals surface area contributed by atoms with E-state index in [0.717, 1.165) is 55.5 Å². The van der Waals surface area contributed by atoms with Crippen LogP contribution >= 0.6 is 11.6 Å². The van der Waals surface area contributed by atoms with E-state index >= 15 is 0 Å². The lowest BCUT2D eigenvalue weighted by Crippen LogP contribution is -2.45. The fraction of sp³-hybridized carbons (Fsp3) is 0.529. The van der Waals surface area contributed by atoms with Gasteiger partial charge in [0.25, 0.3) is 0 Å². The van der Waals surface area contributed by atoms with Crippen LogP contribution in [-0.2, 0) is 33.0 Å². The Kier molecular flexibility index (Phi) is 9.69. The first-order valence-corrected chi connectivity index (χ1v) is 15.7. The van der Waals surface area contributed by atoms with Crippen molar-refractivity contribution >= 4 is 29.2 Å². The summed E-state index contributed by atoms with van der Waals surface area (Å²) in [6.07, 6.45) is 7.97. The second-order valence-electron chi connectivity index (χ2n) is 12.3. The maximum Gasteiger partial charge on any atom is 0.343 e. The van der Waals surface area contributed by atoms with E-state index in [0.29, 0.717) is 30.3 Å². The zero-order chi connectivity index (χ0) is 30.7. The molecule has 2 aromatic rings. The van der Waals surface area contributed by atoms with Crippen LogP contribution in [0.2, 0.25) is 5.02 Å². The number of fused-ring (bicyclic) bond motifs is 3. The first kappa shape index (κ1) is 31.4. The standard InChI is InChI=1S/C34H43ClN2O6/c1-22-7-6-9-30(38)28-14-11-24(28)20-37-16-5-4-8-23-17-27(35)13-10-25(23)21-43-31-15-12-26(18-29(31)37)34(41,33(40)42-3)19-32(39)36(22)2/h6,9-10,12-13,15,17-18,22,24,28,30,38,41H,4-5,7-8,11,14,16,19-21H2,1-3H3/b9-6+/t22-,24+,28-,30+,34-/m1/s1. The van der Waals surface area contributed by atoms with Crippen LogP contribution in [0.15, 0.2) is 48.6 Å². The Labute approximate surface area is 259 Å². The lowest BCUT2D eigenvalue weighted by molar-refractivity contribution is -0.168. The maximum absolute atomic E-state index is 13.4. The van der Waals surface area contributed by atoms with E-state index in [1.165, 1.54) is 12.0 Å². The van der Waals surface area contributed by atoms with Gasteiger partial charge in [0.15, 0.2) is 5.60 Å². The summed E-state index contributed by atoms with van der Waals surface area (Å²) in [5.74, 6) is -0.261. The number of hydrogen-bond acceptors (Lipinski definition) is 7. The number of hydrogen-bond donors (Lipinski definition) is 2. The molecule has 0 aromatic heterocycles. The summed E-state index contributed by atoms with van der Waals surface area (Å²) >= 11 is 6.32. The van der Waals surface area contributed by atoms with Crippen molar-refractivity contribution in [1.29, 1.82) is 0 Å². The van der Waals surface area contributed by atoms with Crippen LogP contribution in [-0.4, -0.2) is 66.4 Å². The highest BCUT2D eigenvalue weighted by Gasteiger charge is 2.44. The fourth-order valence-corrected chi connectivity index (χ4v) is 6.71. The van der Waals surface area contributed by atoms with E-state index in [1.54, 1.807) is 25.2 Å². The Balaban J connectivity index is 1.60. The molecule has 1 fully saturated rings. The van der Waals surface area contributed by atoms with Gasteiger partial charge >= 0.3 is 5.97 Å². The molecule has 5 rings (SSSR count). The molecule has 2 bridgehead atoms. The lowest BCUT2D eigenvalue weighted by atomic mass is 9.70. The summed E-state index contributed by atoms with van der Waals surface area (Å²) in [6, 6.07) is 10.9. The van der Waals surface area contributed by atoms with Crippen molar-refractivity contribution in [3.63, 3.8) is 0 Å². The zero-order valence-electron chi connectivity index (χ0n) is 25.3. The molecule has 2 heterocycles. The Hall–Kier alpha value is -3.07. The molecule has 5 atom stereocenters. The Morgan fingerprint density at radius 2 is 1.95 bits per heavy atom. The number of aliphatic hydroxyl groups excluding tert-OH is 1. The number of benzene rings is 2. The van der Waals surface area contributed by atoms with Gasteiger partial charge in [-0.15, -0.1) is 0 Å². The number of carbonyl (C=O) groups excluding carboxylic acids is 2. The van der Waals surface area contributed by atoms with Gasteiger partial charge in [-0.05, 0) is 98.2 Å². The minimum atomic E-state index is -2.18. The van der Waals surface area contributed by atoms with E-state index in [9.17, 15) is 19.8 Å². The van der Waals surface area contributed by atoms with Gasteiger partial charge in [-0.3, -0.25) is 4.79 Å². The van der Waals surface area contributed by atoms with Crippen LogP contribution in [0, 0.1) is 11.8 Å². The normalized spacial score (nSPS) is 29.2. The molecule has 0 radical (unpaired) electrons. The van der Waals surface area contributed by atoms with Crippen molar-refractivity contribution in [2.75, 3.05) is 32.1 Å². The lowest BCUT2D eigenvalue weighted by Gasteiger charge is -2.43. The van der Waals surface area contributed by atoms with Crippen molar-refractivity contribution < 1.29 is 29.3 Å². The first-order valence-electron chi connectivity index (χ1n) is 15.3. The van der Waals surface area contributed by atoms with Crippen LogP contribution in [0.5, 0.6) is 5.75 Å². The molecule has 2 N–H and O–H groups in total. The maximum atomic E-state index is 13.4. The molecule has 9 heteroatoms. The number of aryl methyl sites for hydroxylation is 1. The molecule has 1 amide bonds. The van der Waals surface area contributed by atoms with E-state index in [1.807, 2.05) is 37.3 Å². The first-order chi connectivity index (χ1) is 20.6. The topological polar surface area (TPSA) is 99.5 Å². The summed E-state index contributed by atoms with van der Waals surface area (Å²) in [6.45, 7) is 3.66. The highest BCUT2D eigenvalue weighted by molar-refractivity contribution is 6.30. The Morgan fingerprint density at radius 3 is 2.70 bits per heavy atom. The molecule has 1 aliphatic carbocycles. The van der Waals surface area contributed by atoms with Gasteiger partial charge in [0.1, 0.15) is 12.4 Å². The number of methoxy groups -OCH3 is 1. The molecular formula is C34H43ClN2O6. The Bertz CT molecular complexity index is 1360. The third kappa shape index (κ3) is 6.71. The van der Waals surface area contributed by atoms with Gasteiger partial charge in [0.05, 0.1) is 25.3 Å². The van der Waals surface area contributed by atoms with E-state index in [4.69, 9.17) is 21.1 Å². The molecule has 0 saturated heterocycles. The second-order valence-corrected chi connectivity index (χ2v) is 12.8. The number of carbonyl (C=O) groups is 2. The average Bonchev–Trinajstić information content (AvgIpc) is 3.00. The van der Waals surface area contributed by atoms with Gasteiger partial charge in [-0.1, -0.05) is 35.9 Å². The largest absolute Gasteiger partial charge is 0.487 e. The van der Waals surface area contributed by atoms with Crippen LogP contribution < -0.4 is 9.64 Å². The number of esters is 1. The molecule has 3 aliphatic rings.